The van der Waals surface area contributed by atoms with Crippen molar-refractivity contribution < 1.29 is 14.6 Å². The molecule has 2 atom stereocenters. The van der Waals surface area contributed by atoms with E-state index < -0.39 is 11.7 Å². The molecule has 0 aromatic carbocycles. The Balaban J connectivity index is 2.52. The maximum Gasteiger partial charge on any atom is 0.410 e. The van der Waals surface area contributed by atoms with E-state index in [1.807, 2.05) is 20.8 Å². The maximum absolute atomic E-state index is 11.7. The molecule has 88 valence electrons. The third-order valence-corrected chi connectivity index (χ3v) is 2.62. The van der Waals surface area contributed by atoms with Gasteiger partial charge in [0.15, 0.2) is 0 Å². The minimum absolute atomic E-state index is 0.0835. The second-order valence-corrected chi connectivity index (χ2v) is 5.16. The highest BCUT2D eigenvalue weighted by Crippen LogP contribution is 2.24. The zero-order valence-electron chi connectivity index (χ0n) is 9.99. The van der Waals surface area contributed by atoms with Gasteiger partial charge in [0.05, 0.1) is 12.1 Å². The molecule has 0 aromatic rings. The molecule has 1 rings (SSSR count). The Labute approximate surface area is 91.2 Å². The molecule has 0 unspecified atom stereocenters. The lowest BCUT2D eigenvalue weighted by atomic mass is 10.2. The Kier molecular flexibility index (Phi) is 3.60. The van der Waals surface area contributed by atoms with Crippen LogP contribution in [0, 0.1) is 0 Å². The summed E-state index contributed by atoms with van der Waals surface area (Å²) in [4.78, 5) is 13.2. The van der Waals surface area contributed by atoms with E-state index in [4.69, 9.17) is 4.74 Å². The first-order valence-corrected chi connectivity index (χ1v) is 5.45. The standard InChI is InChI=1S/C11H21NO3/c1-11(2,3)15-10(14)12(4)8-6-5-7-9(8)13/h8-9,13H,5-7H2,1-4H3/t8-,9-/m1/s1. The smallest absolute Gasteiger partial charge is 0.410 e. The Hall–Kier alpha value is -0.770. The average molecular weight is 215 g/mol. The summed E-state index contributed by atoms with van der Waals surface area (Å²) in [6.45, 7) is 5.51. The number of aliphatic hydroxyl groups is 1. The van der Waals surface area contributed by atoms with Crippen LogP contribution in [0.1, 0.15) is 40.0 Å². The second-order valence-electron chi connectivity index (χ2n) is 5.16. The monoisotopic (exact) mass is 215 g/mol. The number of amides is 1. The van der Waals surface area contributed by atoms with Crippen molar-refractivity contribution in [2.24, 2.45) is 0 Å². The van der Waals surface area contributed by atoms with Crippen molar-refractivity contribution >= 4 is 6.09 Å². The minimum atomic E-state index is -0.477. The Morgan fingerprint density at radius 2 is 2.00 bits per heavy atom. The van der Waals surface area contributed by atoms with E-state index in [1.54, 1.807) is 7.05 Å². The molecule has 1 aliphatic carbocycles. The summed E-state index contributed by atoms with van der Waals surface area (Å²) in [6.07, 6.45) is 1.85. The summed E-state index contributed by atoms with van der Waals surface area (Å²) in [5.41, 5.74) is -0.477. The van der Waals surface area contributed by atoms with E-state index in [1.165, 1.54) is 4.90 Å². The van der Waals surface area contributed by atoms with Crippen LogP contribution in [0.5, 0.6) is 0 Å². The predicted octanol–water partition coefficient (Wildman–Crippen LogP) is 1.77. The zero-order valence-corrected chi connectivity index (χ0v) is 9.99. The highest BCUT2D eigenvalue weighted by molar-refractivity contribution is 5.68. The zero-order chi connectivity index (χ0) is 11.6. The van der Waals surface area contributed by atoms with Crippen molar-refractivity contribution in [1.82, 2.24) is 4.90 Å². The summed E-state index contributed by atoms with van der Waals surface area (Å²) >= 11 is 0. The van der Waals surface area contributed by atoms with Gasteiger partial charge in [0.1, 0.15) is 5.60 Å². The van der Waals surface area contributed by atoms with Crippen LogP contribution < -0.4 is 0 Å². The van der Waals surface area contributed by atoms with Gasteiger partial charge in [-0.2, -0.15) is 0 Å². The van der Waals surface area contributed by atoms with Gasteiger partial charge in [0.2, 0.25) is 0 Å². The van der Waals surface area contributed by atoms with Gasteiger partial charge in [-0.05, 0) is 40.0 Å². The van der Waals surface area contributed by atoms with Crippen LogP contribution in [0.2, 0.25) is 0 Å². The fraction of sp³-hybridized carbons (Fsp3) is 0.909. The lowest BCUT2D eigenvalue weighted by molar-refractivity contribution is 0.00834. The summed E-state index contributed by atoms with van der Waals surface area (Å²) in [5, 5.41) is 9.66. The molecule has 0 aliphatic heterocycles. The first-order valence-electron chi connectivity index (χ1n) is 5.45. The first kappa shape index (κ1) is 12.3. The van der Waals surface area contributed by atoms with Crippen LogP contribution in [0.25, 0.3) is 0 Å². The molecule has 0 radical (unpaired) electrons. The lowest BCUT2D eigenvalue weighted by Gasteiger charge is -2.30. The minimum Gasteiger partial charge on any atom is -0.444 e. The molecule has 0 aromatic heterocycles. The van der Waals surface area contributed by atoms with E-state index in [0.717, 1.165) is 19.3 Å². The van der Waals surface area contributed by atoms with Crippen LogP contribution in [0.15, 0.2) is 0 Å². The molecule has 1 amide bonds. The molecule has 0 heterocycles. The van der Waals surface area contributed by atoms with Gasteiger partial charge in [-0.3, -0.25) is 0 Å². The number of hydrogen-bond acceptors (Lipinski definition) is 3. The van der Waals surface area contributed by atoms with Gasteiger partial charge >= 0.3 is 6.09 Å². The summed E-state index contributed by atoms with van der Waals surface area (Å²) in [7, 11) is 1.69. The number of hydrogen-bond donors (Lipinski definition) is 1. The van der Waals surface area contributed by atoms with E-state index in [0.29, 0.717) is 0 Å². The molecule has 1 saturated carbocycles. The number of carbonyl (C=O) groups excluding carboxylic acids is 1. The topological polar surface area (TPSA) is 49.8 Å². The fourth-order valence-electron chi connectivity index (χ4n) is 1.84. The van der Waals surface area contributed by atoms with Crippen LogP contribution >= 0.6 is 0 Å². The number of aliphatic hydroxyl groups excluding tert-OH is 1. The number of rotatable bonds is 1. The molecule has 1 fully saturated rings. The van der Waals surface area contributed by atoms with Gasteiger partial charge in [0, 0.05) is 7.05 Å². The number of carbonyl (C=O) groups is 1. The molecule has 0 saturated heterocycles. The fourth-order valence-corrected chi connectivity index (χ4v) is 1.84. The van der Waals surface area contributed by atoms with E-state index >= 15 is 0 Å². The Morgan fingerprint density at radius 1 is 1.40 bits per heavy atom. The SMILES string of the molecule is CN(C(=O)OC(C)(C)C)[C@@H]1CCC[C@H]1O. The number of ether oxygens (including phenoxy) is 1. The largest absolute Gasteiger partial charge is 0.444 e. The Bertz CT molecular complexity index is 234. The molecule has 0 spiro atoms. The normalized spacial score (nSPS) is 26.5. The quantitative estimate of drug-likeness (QED) is 0.725. The third-order valence-electron chi connectivity index (χ3n) is 2.62. The van der Waals surface area contributed by atoms with Crippen molar-refractivity contribution in [2.45, 2.75) is 57.8 Å². The van der Waals surface area contributed by atoms with Crippen molar-refractivity contribution in [3.63, 3.8) is 0 Å². The molecule has 0 bridgehead atoms. The highest BCUT2D eigenvalue weighted by Gasteiger charge is 2.33. The third kappa shape index (κ3) is 3.38. The molecule has 4 nitrogen and oxygen atoms in total. The van der Waals surface area contributed by atoms with E-state index in [9.17, 15) is 9.90 Å². The van der Waals surface area contributed by atoms with Gasteiger partial charge in [-0.15, -0.1) is 0 Å². The highest BCUT2D eigenvalue weighted by atomic mass is 16.6. The van der Waals surface area contributed by atoms with Crippen molar-refractivity contribution in [3.8, 4) is 0 Å². The molecule has 15 heavy (non-hydrogen) atoms. The van der Waals surface area contributed by atoms with Crippen molar-refractivity contribution in [1.29, 1.82) is 0 Å². The van der Waals surface area contributed by atoms with Gasteiger partial charge in [0.25, 0.3) is 0 Å². The summed E-state index contributed by atoms with van der Waals surface area (Å²) in [6, 6.07) is -0.0835. The number of likely N-dealkylation sites (N-methyl/N-ethyl adjacent to an activating group) is 1. The molecular weight excluding hydrogens is 194 g/mol. The molecule has 1 aliphatic rings. The average Bonchev–Trinajstić information content (AvgIpc) is 2.47. The van der Waals surface area contributed by atoms with Crippen molar-refractivity contribution in [3.05, 3.63) is 0 Å². The van der Waals surface area contributed by atoms with E-state index in [2.05, 4.69) is 0 Å². The predicted molar refractivity (Wildman–Crippen MR) is 57.6 cm³/mol. The molecule has 1 N–H and O–H groups in total. The van der Waals surface area contributed by atoms with Crippen LogP contribution in [-0.2, 0) is 4.74 Å². The van der Waals surface area contributed by atoms with Crippen LogP contribution in [-0.4, -0.2) is 40.9 Å². The molecular formula is C11H21NO3. The summed E-state index contributed by atoms with van der Waals surface area (Å²) < 4.78 is 5.24. The van der Waals surface area contributed by atoms with Gasteiger partial charge < -0.3 is 14.7 Å². The van der Waals surface area contributed by atoms with Crippen LogP contribution in [0.4, 0.5) is 4.79 Å². The first-order chi connectivity index (χ1) is 6.81. The van der Waals surface area contributed by atoms with E-state index in [-0.39, 0.29) is 12.1 Å². The molecule has 4 heteroatoms. The number of nitrogens with zero attached hydrogens (tertiary/aromatic N) is 1. The van der Waals surface area contributed by atoms with Crippen molar-refractivity contribution in [2.75, 3.05) is 7.05 Å². The van der Waals surface area contributed by atoms with Gasteiger partial charge in [-0.25, -0.2) is 4.79 Å². The summed E-state index contributed by atoms with van der Waals surface area (Å²) in [5.74, 6) is 0. The lowest BCUT2D eigenvalue weighted by Crippen LogP contribution is -2.44. The van der Waals surface area contributed by atoms with Crippen LogP contribution in [0.3, 0.4) is 0 Å². The second kappa shape index (κ2) is 4.39. The Morgan fingerprint density at radius 3 is 2.40 bits per heavy atom. The maximum atomic E-state index is 11.7. The van der Waals surface area contributed by atoms with Gasteiger partial charge in [-0.1, -0.05) is 0 Å².